The van der Waals surface area contributed by atoms with E-state index in [-0.39, 0.29) is 0 Å². The first-order valence-electron chi connectivity index (χ1n) is 4.43. The lowest BCUT2D eigenvalue weighted by Crippen LogP contribution is -1.84. The summed E-state index contributed by atoms with van der Waals surface area (Å²) < 4.78 is 5.57. The van der Waals surface area contributed by atoms with Gasteiger partial charge in [-0.15, -0.1) is 0 Å². The van der Waals surface area contributed by atoms with Gasteiger partial charge in [0.15, 0.2) is 0 Å². The Morgan fingerprint density at radius 2 is 1.60 bits per heavy atom. The highest BCUT2D eigenvalue weighted by molar-refractivity contribution is 6.34. The average Bonchev–Trinajstić information content (AvgIpc) is 2.25. The van der Waals surface area contributed by atoms with E-state index >= 15 is 0 Å². The first-order valence-corrected chi connectivity index (χ1v) is 5.19. The standard InChI is InChI=1S/C12H8Cl2O/c13-9-6-7-11(14)12(8-9)15-10-4-2-1-3-5-10/h1-8H. The third-order valence-electron chi connectivity index (χ3n) is 1.86. The highest BCUT2D eigenvalue weighted by atomic mass is 35.5. The third kappa shape index (κ3) is 2.65. The van der Waals surface area contributed by atoms with Crippen molar-refractivity contribution in [3.8, 4) is 11.5 Å². The molecule has 3 heteroatoms. The van der Waals surface area contributed by atoms with Gasteiger partial charge in [-0.1, -0.05) is 41.4 Å². The summed E-state index contributed by atoms with van der Waals surface area (Å²) in [5.41, 5.74) is 0. The van der Waals surface area contributed by atoms with Gasteiger partial charge in [-0.25, -0.2) is 0 Å². The molecule has 0 aliphatic carbocycles. The number of halogens is 2. The van der Waals surface area contributed by atoms with Crippen molar-refractivity contribution in [1.29, 1.82) is 0 Å². The van der Waals surface area contributed by atoms with Crippen LogP contribution in [-0.4, -0.2) is 0 Å². The van der Waals surface area contributed by atoms with Gasteiger partial charge in [-0.3, -0.25) is 0 Å². The summed E-state index contributed by atoms with van der Waals surface area (Å²) in [6, 6.07) is 14.6. The van der Waals surface area contributed by atoms with Crippen molar-refractivity contribution in [1.82, 2.24) is 0 Å². The zero-order valence-electron chi connectivity index (χ0n) is 7.78. The van der Waals surface area contributed by atoms with E-state index in [1.165, 1.54) is 0 Å². The molecule has 2 aromatic rings. The highest BCUT2D eigenvalue weighted by Crippen LogP contribution is 2.31. The molecule has 0 saturated carbocycles. The first kappa shape index (κ1) is 10.3. The molecule has 0 fully saturated rings. The summed E-state index contributed by atoms with van der Waals surface area (Å²) in [7, 11) is 0. The molecule has 0 atom stereocenters. The monoisotopic (exact) mass is 238 g/mol. The largest absolute Gasteiger partial charge is 0.456 e. The third-order valence-corrected chi connectivity index (χ3v) is 2.41. The molecule has 0 heterocycles. The Labute approximate surface area is 98.2 Å². The fraction of sp³-hybridized carbons (Fsp3) is 0. The van der Waals surface area contributed by atoms with Crippen LogP contribution in [0.4, 0.5) is 0 Å². The van der Waals surface area contributed by atoms with Crippen molar-refractivity contribution in [2.24, 2.45) is 0 Å². The summed E-state index contributed by atoms with van der Waals surface area (Å²) in [4.78, 5) is 0. The van der Waals surface area contributed by atoms with Crippen LogP contribution in [0.2, 0.25) is 10.0 Å². The number of hydrogen-bond donors (Lipinski definition) is 0. The summed E-state index contributed by atoms with van der Waals surface area (Å²) in [5.74, 6) is 1.30. The summed E-state index contributed by atoms with van der Waals surface area (Å²) in [5, 5.41) is 1.15. The maximum Gasteiger partial charge on any atom is 0.147 e. The van der Waals surface area contributed by atoms with Gasteiger partial charge >= 0.3 is 0 Å². The van der Waals surface area contributed by atoms with Crippen molar-refractivity contribution in [3.05, 3.63) is 58.6 Å². The second-order valence-electron chi connectivity index (χ2n) is 2.99. The van der Waals surface area contributed by atoms with Crippen molar-refractivity contribution in [3.63, 3.8) is 0 Å². The Morgan fingerprint density at radius 3 is 2.33 bits per heavy atom. The molecule has 0 radical (unpaired) electrons. The quantitative estimate of drug-likeness (QED) is 0.732. The van der Waals surface area contributed by atoms with E-state index in [1.807, 2.05) is 30.3 Å². The highest BCUT2D eigenvalue weighted by Gasteiger charge is 2.03. The summed E-state index contributed by atoms with van der Waals surface area (Å²) >= 11 is 11.8. The van der Waals surface area contributed by atoms with E-state index in [1.54, 1.807) is 18.2 Å². The average molecular weight is 239 g/mol. The molecular weight excluding hydrogens is 231 g/mol. The maximum atomic E-state index is 5.96. The van der Waals surface area contributed by atoms with Crippen molar-refractivity contribution in [2.45, 2.75) is 0 Å². The predicted octanol–water partition coefficient (Wildman–Crippen LogP) is 4.79. The van der Waals surface area contributed by atoms with Crippen LogP contribution >= 0.6 is 23.2 Å². The number of rotatable bonds is 2. The molecule has 0 spiro atoms. The smallest absolute Gasteiger partial charge is 0.147 e. The van der Waals surface area contributed by atoms with Crippen LogP contribution in [0.1, 0.15) is 0 Å². The molecule has 0 aromatic heterocycles. The molecule has 0 aliphatic heterocycles. The minimum Gasteiger partial charge on any atom is -0.456 e. The van der Waals surface area contributed by atoms with Gasteiger partial charge in [0, 0.05) is 11.1 Å². The number of ether oxygens (including phenoxy) is 1. The predicted molar refractivity (Wildman–Crippen MR) is 63.0 cm³/mol. The second-order valence-corrected chi connectivity index (χ2v) is 3.83. The molecule has 0 amide bonds. The second kappa shape index (κ2) is 4.56. The molecule has 15 heavy (non-hydrogen) atoms. The SMILES string of the molecule is Clc1ccc(Cl)c(Oc2ccccc2)c1. The summed E-state index contributed by atoms with van der Waals surface area (Å²) in [6.07, 6.45) is 0. The van der Waals surface area contributed by atoms with E-state index in [9.17, 15) is 0 Å². The Morgan fingerprint density at radius 1 is 0.867 bits per heavy atom. The topological polar surface area (TPSA) is 9.23 Å². The normalized spacial score (nSPS) is 10.0. The minimum atomic E-state index is 0.545. The molecule has 2 aromatic carbocycles. The van der Waals surface area contributed by atoms with Gasteiger partial charge < -0.3 is 4.74 Å². The van der Waals surface area contributed by atoms with Gasteiger partial charge in [-0.2, -0.15) is 0 Å². The van der Waals surface area contributed by atoms with Gasteiger partial charge in [0.05, 0.1) is 5.02 Å². The fourth-order valence-corrected chi connectivity index (χ4v) is 1.49. The molecule has 0 aliphatic rings. The molecule has 0 unspecified atom stereocenters. The lowest BCUT2D eigenvalue weighted by atomic mass is 10.3. The lowest BCUT2D eigenvalue weighted by molar-refractivity contribution is 0.483. The Balaban J connectivity index is 2.28. The van der Waals surface area contributed by atoms with Crippen molar-refractivity contribution >= 4 is 23.2 Å². The van der Waals surface area contributed by atoms with Crippen LogP contribution in [0.25, 0.3) is 0 Å². The zero-order valence-corrected chi connectivity index (χ0v) is 9.29. The van der Waals surface area contributed by atoms with E-state index in [0.717, 1.165) is 5.75 Å². The Bertz CT molecular complexity index is 454. The first-order chi connectivity index (χ1) is 7.25. The number of hydrogen-bond acceptors (Lipinski definition) is 1. The van der Waals surface area contributed by atoms with Crippen LogP contribution in [0.3, 0.4) is 0 Å². The van der Waals surface area contributed by atoms with Gasteiger partial charge in [0.2, 0.25) is 0 Å². The van der Waals surface area contributed by atoms with Crippen LogP contribution in [0, 0.1) is 0 Å². The van der Waals surface area contributed by atoms with Gasteiger partial charge in [0.25, 0.3) is 0 Å². The Kier molecular flexibility index (Phi) is 3.14. The minimum absolute atomic E-state index is 0.545. The molecule has 1 nitrogen and oxygen atoms in total. The van der Waals surface area contributed by atoms with E-state index in [0.29, 0.717) is 15.8 Å². The molecule has 2 rings (SSSR count). The van der Waals surface area contributed by atoms with E-state index in [2.05, 4.69) is 0 Å². The molecule has 0 N–H and O–H groups in total. The van der Waals surface area contributed by atoms with Gasteiger partial charge in [-0.05, 0) is 24.3 Å². The molecule has 0 saturated heterocycles. The van der Waals surface area contributed by atoms with E-state index in [4.69, 9.17) is 27.9 Å². The summed E-state index contributed by atoms with van der Waals surface area (Å²) in [6.45, 7) is 0. The van der Waals surface area contributed by atoms with Gasteiger partial charge in [0.1, 0.15) is 11.5 Å². The molecule has 76 valence electrons. The van der Waals surface area contributed by atoms with Crippen molar-refractivity contribution < 1.29 is 4.74 Å². The van der Waals surface area contributed by atoms with E-state index < -0.39 is 0 Å². The zero-order chi connectivity index (χ0) is 10.7. The maximum absolute atomic E-state index is 5.96. The number of benzene rings is 2. The molecular formula is C12H8Cl2O. The van der Waals surface area contributed by atoms with Crippen LogP contribution in [-0.2, 0) is 0 Å². The fourth-order valence-electron chi connectivity index (χ4n) is 1.17. The Hall–Kier alpha value is -1.18. The number of para-hydroxylation sites is 1. The molecule has 0 bridgehead atoms. The van der Waals surface area contributed by atoms with Crippen LogP contribution < -0.4 is 4.74 Å². The van der Waals surface area contributed by atoms with Crippen LogP contribution in [0.5, 0.6) is 11.5 Å². The van der Waals surface area contributed by atoms with Crippen LogP contribution in [0.15, 0.2) is 48.5 Å². The van der Waals surface area contributed by atoms with Crippen molar-refractivity contribution in [2.75, 3.05) is 0 Å². The lowest BCUT2D eigenvalue weighted by Gasteiger charge is -2.07.